The molecule has 0 bridgehead atoms. The first-order chi connectivity index (χ1) is 6.22. The van der Waals surface area contributed by atoms with Crippen LogP contribution in [0.25, 0.3) is 0 Å². The van der Waals surface area contributed by atoms with E-state index in [4.69, 9.17) is 11.7 Å². The van der Waals surface area contributed by atoms with E-state index in [1.807, 2.05) is 0 Å². The molecule has 13 heavy (non-hydrogen) atoms. The van der Waals surface area contributed by atoms with Crippen molar-refractivity contribution in [1.29, 1.82) is 0 Å². The third-order valence-corrected chi connectivity index (χ3v) is 1.42. The van der Waals surface area contributed by atoms with Gasteiger partial charge in [0.15, 0.2) is 0 Å². The van der Waals surface area contributed by atoms with Crippen LogP contribution in [0.5, 0.6) is 5.75 Å². The van der Waals surface area contributed by atoms with Crippen molar-refractivity contribution in [2.24, 2.45) is 0 Å². The number of rotatable bonds is 3. The fourth-order valence-corrected chi connectivity index (χ4v) is 0.808. The number of amides is 1. The lowest BCUT2D eigenvalue weighted by atomic mass is 10.3. The van der Waals surface area contributed by atoms with Gasteiger partial charge >= 0.3 is 0 Å². The van der Waals surface area contributed by atoms with Gasteiger partial charge in [0.2, 0.25) is 5.91 Å². The Morgan fingerprint density at radius 3 is 2.46 bits per heavy atom. The van der Waals surface area contributed by atoms with Crippen LogP contribution < -0.4 is 15.6 Å². The van der Waals surface area contributed by atoms with Crippen molar-refractivity contribution in [1.82, 2.24) is 5.43 Å². The van der Waals surface area contributed by atoms with Crippen molar-refractivity contribution in [3.8, 4) is 5.75 Å². The Morgan fingerprint density at radius 1 is 1.38 bits per heavy atom. The molecule has 1 rings (SSSR count). The molecule has 2 radical (unpaired) electrons. The van der Waals surface area contributed by atoms with E-state index < -0.39 is 5.91 Å². The lowest BCUT2D eigenvalue weighted by Gasteiger charge is -2.06. The van der Waals surface area contributed by atoms with E-state index in [9.17, 15) is 4.79 Å². The zero-order valence-corrected chi connectivity index (χ0v) is 7.20. The quantitative estimate of drug-likeness (QED) is 0.674. The van der Waals surface area contributed by atoms with Gasteiger partial charge < -0.3 is 4.74 Å². The summed E-state index contributed by atoms with van der Waals surface area (Å²) in [6.07, 6.45) is 0. The SMILES string of the molecule is [CH]C(=O)NNc1ccc(OC)cc1. The molecule has 68 valence electrons. The molecule has 4 heteroatoms. The van der Waals surface area contributed by atoms with Crippen LogP contribution in [0.1, 0.15) is 0 Å². The first-order valence-corrected chi connectivity index (χ1v) is 3.68. The molecule has 1 amide bonds. The summed E-state index contributed by atoms with van der Waals surface area (Å²) in [4.78, 5) is 10.3. The molecule has 0 saturated carbocycles. The molecule has 0 saturated heterocycles. The molecule has 1 aromatic rings. The Morgan fingerprint density at radius 2 is 2.00 bits per heavy atom. The minimum absolute atomic E-state index is 0.629. The van der Waals surface area contributed by atoms with Crippen LogP contribution in [-0.4, -0.2) is 13.0 Å². The molecule has 1 aromatic carbocycles. The standard InChI is InChI=1S/C9H10N2O2/c1-7(12)10-11-8-3-5-9(13-2)6-4-8/h1,3-6,11H,2H3,(H,10,12). The predicted octanol–water partition coefficient (Wildman–Crippen LogP) is 0.849. The number of nitrogens with one attached hydrogen (secondary N) is 2. The van der Waals surface area contributed by atoms with E-state index in [2.05, 4.69) is 10.9 Å². The van der Waals surface area contributed by atoms with E-state index in [0.29, 0.717) is 0 Å². The lowest BCUT2D eigenvalue weighted by Crippen LogP contribution is -2.26. The largest absolute Gasteiger partial charge is 0.497 e. The summed E-state index contributed by atoms with van der Waals surface area (Å²) >= 11 is 0. The minimum atomic E-state index is -0.629. The van der Waals surface area contributed by atoms with Crippen LogP contribution in [-0.2, 0) is 4.79 Å². The number of anilines is 1. The first kappa shape index (κ1) is 9.38. The van der Waals surface area contributed by atoms with Gasteiger partial charge in [-0.1, -0.05) is 0 Å². The number of hydrogen-bond donors (Lipinski definition) is 2. The molecule has 0 spiro atoms. The normalized spacial score (nSPS) is 9.08. The highest BCUT2D eigenvalue weighted by Gasteiger charge is 1.93. The van der Waals surface area contributed by atoms with E-state index in [1.165, 1.54) is 0 Å². The average Bonchev–Trinajstić information content (AvgIpc) is 2.15. The summed E-state index contributed by atoms with van der Waals surface area (Å²) in [5.74, 6) is 0.125. The molecule has 0 fully saturated rings. The lowest BCUT2D eigenvalue weighted by molar-refractivity contribution is -0.116. The molecular formula is C9H10N2O2. The smallest absolute Gasteiger partial charge is 0.243 e. The fourth-order valence-electron chi connectivity index (χ4n) is 0.808. The molecule has 0 aliphatic heterocycles. The Hall–Kier alpha value is -1.71. The Kier molecular flexibility index (Phi) is 3.14. The van der Waals surface area contributed by atoms with Crippen molar-refractivity contribution >= 4 is 11.6 Å². The van der Waals surface area contributed by atoms with Crippen molar-refractivity contribution in [2.75, 3.05) is 12.5 Å². The second-order valence-electron chi connectivity index (χ2n) is 2.34. The highest BCUT2D eigenvalue weighted by Crippen LogP contribution is 2.13. The van der Waals surface area contributed by atoms with Crippen LogP contribution in [0.3, 0.4) is 0 Å². The van der Waals surface area contributed by atoms with Crippen LogP contribution in [0.15, 0.2) is 24.3 Å². The summed E-state index contributed by atoms with van der Waals surface area (Å²) in [5, 5.41) is 0. The average molecular weight is 178 g/mol. The van der Waals surface area contributed by atoms with Gasteiger partial charge in [-0.2, -0.15) is 0 Å². The molecule has 0 aliphatic rings. The molecule has 0 heterocycles. The molecule has 0 unspecified atom stereocenters. The maximum Gasteiger partial charge on any atom is 0.243 e. The van der Waals surface area contributed by atoms with E-state index in [0.717, 1.165) is 11.4 Å². The van der Waals surface area contributed by atoms with Gasteiger partial charge in [-0.05, 0) is 24.3 Å². The highest BCUT2D eigenvalue weighted by atomic mass is 16.5. The van der Waals surface area contributed by atoms with Gasteiger partial charge in [0.1, 0.15) is 5.75 Å². The van der Waals surface area contributed by atoms with Crippen molar-refractivity contribution in [2.45, 2.75) is 0 Å². The van der Waals surface area contributed by atoms with Crippen molar-refractivity contribution < 1.29 is 9.53 Å². The van der Waals surface area contributed by atoms with Gasteiger partial charge in [-0.25, -0.2) is 0 Å². The molecular weight excluding hydrogens is 168 g/mol. The number of ether oxygens (including phenoxy) is 1. The van der Waals surface area contributed by atoms with Gasteiger partial charge in [-0.3, -0.25) is 15.6 Å². The summed E-state index contributed by atoms with van der Waals surface area (Å²) in [7, 11) is 1.59. The first-order valence-electron chi connectivity index (χ1n) is 3.68. The summed E-state index contributed by atoms with van der Waals surface area (Å²) in [6, 6.07) is 7.06. The maximum atomic E-state index is 10.3. The summed E-state index contributed by atoms with van der Waals surface area (Å²) in [6.45, 7) is 4.86. The zero-order chi connectivity index (χ0) is 9.68. The van der Waals surface area contributed by atoms with Crippen molar-refractivity contribution in [3.63, 3.8) is 0 Å². The van der Waals surface area contributed by atoms with Gasteiger partial charge in [0.25, 0.3) is 0 Å². The third kappa shape index (κ3) is 3.02. The Labute approximate surface area is 76.9 Å². The van der Waals surface area contributed by atoms with Gasteiger partial charge in [0.05, 0.1) is 19.7 Å². The van der Waals surface area contributed by atoms with E-state index in [1.54, 1.807) is 31.4 Å². The highest BCUT2D eigenvalue weighted by molar-refractivity contribution is 5.81. The summed E-state index contributed by atoms with van der Waals surface area (Å²) < 4.78 is 4.95. The maximum absolute atomic E-state index is 10.3. The number of carbonyl (C=O) groups excluding carboxylic acids is 1. The number of hydrogen-bond acceptors (Lipinski definition) is 3. The van der Waals surface area contributed by atoms with Crippen LogP contribution in [0.2, 0.25) is 0 Å². The Balaban J connectivity index is 2.54. The minimum Gasteiger partial charge on any atom is -0.497 e. The summed E-state index contributed by atoms with van der Waals surface area (Å²) in [5.41, 5.74) is 5.60. The Bertz CT molecular complexity index is 282. The number of methoxy groups -OCH3 is 1. The van der Waals surface area contributed by atoms with Gasteiger partial charge in [0, 0.05) is 0 Å². The van der Waals surface area contributed by atoms with E-state index in [-0.39, 0.29) is 0 Å². The molecule has 2 N–H and O–H groups in total. The molecule has 0 atom stereocenters. The monoisotopic (exact) mass is 178 g/mol. The number of benzene rings is 1. The van der Waals surface area contributed by atoms with Crippen molar-refractivity contribution in [3.05, 3.63) is 31.2 Å². The van der Waals surface area contributed by atoms with E-state index >= 15 is 0 Å². The fraction of sp³-hybridized carbons (Fsp3) is 0.111. The zero-order valence-electron chi connectivity index (χ0n) is 7.20. The number of carbonyl (C=O) groups is 1. The third-order valence-electron chi connectivity index (χ3n) is 1.42. The number of hydrazine groups is 1. The second-order valence-corrected chi connectivity index (χ2v) is 2.34. The predicted molar refractivity (Wildman–Crippen MR) is 49.1 cm³/mol. The topological polar surface area (TPSA) is 50.4 Å². The molecule has 4 nitrogen and oxygen atoms in total. The molecule has 0 aliphatic carbocycles. The molecule has 0 aromatic heterocycles. The van der Waals surface area contributed by atoms with Crippen LogP contribution >= 0.6 is 0 Å². The van der Waals surface area contributed by atoms with Crippen LogP contribution in [0, 0.1) is 6.92 Å². The van der Waals surface area contributed by atoms with Crippen LogP contribution in [0.4, 0.5) is 5.69 Å². The van der Waals surface area contributed by atoms with Gasteiger partial charge in [-0.15, -0.1) is 0 Å². The second kappa shape index (κ2) is 4.35.